The summed E-state index contributed by atoms with van der Waals surface area (Å²) in [5, 5.41) is 0.927. The molecule has 1 aliphatic rings. The van der Waals surface area contributed by atoms with E-state index in [1.807, 2.05) is 23.6 Å². The number of piperidine rings is 1. The maximum Gasteiger partial charge on any atom is 0.259 e. The predicted octanol–water partition coefficient (Wildman–Crippen LogP) is 2.72. The van der Waals surface area contributed by atoms with Gasteiger partial charge in [-0.2, -0.15) is 0 Å². The minimum atomic E-state index is -2.92. The molecule has 2 aromatic heterocycles. The first-order chi connectivity index (χ1) is 14.2. The van der Waals surface area contributed by atoms with E-state index >= 15 is 0 Å². The van der Waals surface area contributed by atoms with Crippen LogP contribution in [-0.4, -0.2) is 60.4 Å². The van der Waals surface area contributed by atoms with Crippen LogP contribution in [0.1, 0.15) is 39.6 Å². The molecule has 0 spiro atoms. The van der Waals surface area contributed by atoms with Crippen LogP contribution >= 0.6 is 11.3 Å². The summed E-state index contributed by atoms with van der Waals surface area (Å²) in [5.41, 5.74) is 9.56. The number of aryl methyl sites for hydroxylation is 1. The van der Waals surface area contributed by atoms with Gasteiger partial charge in [-0.1, -0.05) is 6.07 Å². The van der Waals surface area contributed by atoms with Crippen molar-refractivity contribution < 1.29 is 13.2 Å². The predicted molar refractivity (Wildman–Crippen MR) is 120 cm³/mol. The first-order valence-electron chi connectivity index (χ1n) is 9.99. The molecule has 1 aromatic carbocycles. The van der Waals surface area contributed by atoms with Gasteiger partial charge in [0.1, 0.15) is 21.2 Å². The monoisotopic (exact) mass is 446 g/mol. The van der Waals surface area contributed by atoms with E-state index in [4.69, 9.17) is 5.73 Å². The number of nitrogens with zero attached hydrogens (tertiary/aromatic N) is 3. The van der Waals surface area contributed by atoms with Gasteiger partial charge in [-0.15, -0.1) is 11.3 Å². The van der Waals surface area contributed by atoms with Crippen molar-refractivity contribution in [2.24, 2.45) is 5.73 Å². The number of primary amides is 1. The lowest BCUT2D eigenvalue weighted by molar-refractivity contribution is 0.100. The second kappa shape index (κ2) is 8.13. The third-order valence-corrected chi connectivity index (χ3v) is 7.95. The number of nitrogens with two attached hydrogens (primary N) is 1. The van der Waals surface area contributed by atoms with Crippen molar-refractivity contribution in [2.75, 3.05) is 31.6 Å². The zero-order valence-electron chi connectivity index (χ0n) is 17.2. The number of likely N-dealkylation sites (tertiary alicyclic amines) is 1. The van der Waals surface area contributed by atoms with Crippen molar-refractivity contribution in [1.82, 2.24) is 14.5 Å². The molecule has 160 valence electrons. The number of hydrogen-bond acceptors (Lipinski definition) is 6. The van der Waals surface area contributed by atoms with Crippen LogP contribution in [0.25, 0.3) is 16.0 Å². The lowest BCUT2D eigenvalue weighted by atomic mass is 9.89. The Balaban J connectivity index is 1.54. The molecule has 9 heteroatoms. The fourth-order valence-corrected chi connectivity index (χ4v) is 5.67. The van der Waals surface area contributed by atoms with E-state index in [2.05, 4.69) is 22.0 Å². The first-order valence-corrected chi connectivity index (χ1v) is 12.9. The molecule has 2 N–H and O–H groups in total. The number of rotatable bonds is 6. The highest BCUT2D eigenvalue weighted by Gasteiger charge is 2.22. The van der Waals surface area contributed by atoms with Gasteiger partial charge in [0.05, 0.1) is 21.7 Å². The fourth-order valence-electron chi connectivity index (χ4n) is 4.07. The quantitative estimate of drug-likeness (QED) is 0.628. The molecule has 4 rings (SSSR count). The fraction of sp³-hybridized carbons (Fsp3) is 0.429. The Morgan fingerprint density at radius 3 is 2.63 bits per heavy atom. The summed E-state index contributed by atoms with van der Waals surface area (Å²) in [7, 11) is -2.92. The van der Waals surface area contributed by atoms with Crippen LogP contribution in [0.2, 0.25) is 0 Å². The van der Waals surface area contributed by atoms with Gasteiger partial charge in [-0.3, -0.25) is 9.36 Å². The summed E-state index contributed by atoms with van der Waals surface area (Å²) in [6.07, 6.45) is 5.10. The number of fused-ring (bicyclic) bond motifs is 1. The third-order valence-electron chi connectivity index (χ3n) is 5.77. The number of carbonyl (C=O) groups is 1. The second-order valence-corrected chi connectivity index (χ2v) is 11.4. The molecule has 0 aliphatic carbocycles. The normalized spacial score (nSPS) is 16.3. The molecule has 0 radical (unpaired) electrons. The molecule has 1 saturated heterocycles. The molecule has 30 heavy (non-hydrogen) atoms. The SMILES string of the molecule is Cc1cc(-n2cnc3ccc(C4CCN(CCS(C)(=O)=O)CC4)cc32)sc1C(N)=O. The van der Waals surface area contributed by atoms with E-state index < -0.39 is 15.7 Å². The second-order valence-electron chi connectivity index (χ2n) is 8.07. The number of amides is 1. The molecule has 7 nitrogen and oxygen atoms in total. The van der Waals surface area contributed by atoms with Crippen LogP contribution in [-0.2, 0) is 9.84 Å². The van der Waals surface area contributed by atoms with Crippen molar-refractivity contribution >= 4 is 38.1 Å². The summed E-state index contributed by atoms with van der Waals surface area (Å²) >= 11 is 1.38. The van der Waals surface area contributed by atoms with Crippen molar-refractivity contribution in [3.8, 4) is 5.00 Å². The van der Waals surface area contributed by atoms with Gasteiger partial charge in [0.25, 0.3) is 5.91 Å². The molecular formula is C21H26N4O3S2. The van der Waals surface area contributed by atoms with E-state index in [0.717, 1.165) is 47.5 Å². The number of sulfone groups is 1. The minimum absolute atomic E-state index is 0.219. The first kappa shape index (κ1) is 21.0. The maximum absolute atomic E-state index is 11.6. The van der Waals surface area contributed by atoms with Gasteiger partial charge >= 0.3 is 0 Å². The summed E-state index contributed by atoms with van der Waals surface area (Å²) in [5.74, 6) is 0.256. The lowest BCUT2D eigenvalue weighted by Gasteiger charge is -2.32. The van der Waals surface area contributed by atoms with E-state index in [0.29, 0.717) is 17.3 Å². The zero-order valence-corrected chi connectivity index (χ0v) is 18.8. The number of thiophene rings is 1. The van der Waals surface area contributed by atoms with E-state index in [-0.39, 0.29) is 5.75 Å². The molecular weight excluding hydrogens is 420 g/mol. The summed E-state index contributed by atoms with van der Waals surface area (Å²) < 4.78 is 24.8. The highest BCUT2D eigenvalue weighted by molar-refractivity contribution is 7.90. The smallest absolute Gasteiger partial charge is 0.259 e. The lowest BCUT2D eigenvalue weighted by Crippen LogP contribution is -2.36. The van der Waals surface area contributed by atoms with Gasteiger partial charge in [0.15, 0.2) is 0 Å². The average Bonchev–Trinajstić information content (AvgIpc) is 3.29. The van der Waals surface area contributed by atoms with Crippen LogP contribution in [0.15, 0.2) is 30.6 Å². The van der Waals surface area contributed by atoms with Gasteiger partial charge in [-0.05, 0) is 68.1 Å². The average molecular weight is 447 g/mol. The van der Waals surface area contributed by atoms with Crippen molar-refractivity contribution in [3.05, 3.63) is 46.6 Å². The number of aromatic nitrogens is 2. The maximum atomic E-state index is 11.6. The number of hydrogen-bond donors (Lipinski definition) is 1. The topological polar surface area (TPSA) is 98.3 Å². The zero-order chi connectivity index (χ0) is 21.5. The highest BCUT2D eigenvalue weighted by Crippen LogP contribution is 2.32. The highest BCUT2D eigenvalue weighted by atomic mass is 32.2. The number of imidazole rings is 1. The van der Waals surface area contributed by atoms with Gasteiger partial charge in [-0.25, -0.2) is 13.4 Å². The van der Waals surface area contributed by atoms with Gasteiger partial charge in [0, 0.05) is 12.8 Å². The molecule has 0 atom stereocenters. The van der Waals surface area contributed by atoms with Crippen LogP contribution < -0.4 is 5.73 Å². The molecule has 0 unspecified atom stereocenters. The standard InChI is InChI=1S/C21H26N4O3S2/c1-14-11-19(29-20(14)21(22)26)25-13-23-17-4-3-16(12-18(17)25)15-5-7-24(8-6-15)9-10-30(2,27)28/h3-4,11-13,15H,5-10H2,1-2H3,(H2,22,26). The van der Waals surface area contributed by atoms with E-state index in [1.165, 1.54) is 23.2 Å². The van der Waals surface area contributed by atoms with Crippen molar-refractivity contribution in [2.45, 2.75) is 25.7 Å². The van der Waals surface area contributed by atoms with Crippen molar-refractivity contribution in [1.29, 1.82) is 0 Å². The Bertz CT molecular complexity index is 1190. The Morgan fingerprint density at radius 1 is 1.27 bits per heavy atom. The Kier molecular flexibility index (Phi) is 5.69. The van der Waals surface area contributed by atoms with E-state index in [1.54, 1.807) is 6.33 Å². The van der Waals surface area contributed by atoms with Crippen LogP contribution in [0.5, 0.6) is 0 Å². The molecule has 3 aromatic rings. The van der Waals surface area contributed by atoms with Gasteiger partial charge in [0.2, 0.25) is 0 Å². The number of benzene rings is 1. The summed E-state index contributed by atoms with van der Waals surface area (Å²) in [4.78, 5) is 18.9. The Hall–Kier alpha value is -2.23. The van der Waals surface area contributed by atoms with Crippen molar-refractivity contribution in [3.63, 3.8) is 0 Å². The summed E-state index contributed by atoms with van der Waals surface area (Å²) in [6, 6.07) is 8.36. The molecule has 3 heterocycles. The summed E-state index contributed by atoms with van der Waals surface area (Å²) in [6.45, 7) is 4.31. The molecule has 0 bridgehead atoms. The van der Waals surface area contributed by atoms with Crippen LogP contribution in [0, 0.1) is 6.92 Å². The minimum Gasteiger partial charge on any atom is -0.365 e. The van der Waals surface area contributed by atoms with E-state index in [9.17, 15) is 13.2 Å². The molecule has 0 saturated carbocycles. The number of carbonyl (C=O) groups excluding carboxylic acids is 1. The van der Waals surface area contributed by atoms with Gasteiger partial charge < -0.3 is 10.6 Å². The molecule has 1 aliphatic heterocycles. The molecule has 1 fully saturated rings. The Morgan fingerprint density at radius 2 is 2.00 bits per heavy atom. The largest absolute Gasteiger partial charge is 0.365 e. The Labute approximate surface area is 180 Å². The molecule has 1 amide bonds. The third kappa shape index (κ3) is 4.43. The van der Waals surface area contributed by atoms with Crippen LogP contribution in [0.4, 0.5) is 0 Å². The van der Waals surface area contributed by atoms with Crippen LogP contribution in [0.3, 0.4) is 0 Å².